The Morgan fingerprint density at radius 2 is 2.16 bits per heavy atom. The molecule has 4 rings (SSSR count). The molecule has 1 aromatic heterocycles. The number of hydrogen-bond acceptors (Lipinski definition) is 4. The highest BCUT2D eigenvalue weighted by atomic mass is 16.2. The summed E-state index contributed by atoms with van der Waals surface area (Å²) in [5.74, 6) is 3.16. The molecule has 3 N–H and O–H groups in total. The molecule has 6 nitrogen and oxygen atoms in total. The normalized spacial score (nSPS) is 38.3. The average molecular weight is 261 g/mol. The van der Waals surface area contributed by atoms with Gasteiger partial charge in [-0.05, 0) is 42.9 Å². The summed E-state index contributed by atoms with van der Waals surface area (Å²) >= 11 is 0. The van der Waals surface area contributed by atoms with Gasteiger partial charge in [-0.2, -0.15) is 0 Å². The Morgan fingerprint density at radius 1 is 1.42 bits per heavy atom. The van der Waals surface area contributed by atoms with E-state index < -0.39 is 0 Å². The van der Waals surface area contributed by atoms with E-state index in [9.17, 15) is 4.79 Å². The Balaban J connectivity index is 1.39. The van der Waals surface area contributed by atoms with E-state index in [1.165, 1.54) is 19.3 Å². The number of nitrogens with zero attached hydrogens (tertiary/aromatic N) is 3. The van der Waals surface area contributed by atoms with Crippen LogP contribution in [0.4, 0.5) is 0 Å². The second kappa shape index (κ2) is 4.03. The lowest BCUT2D eigenvalue weighted by atomic mass is 10.0. The molecule has 1 amide bonds. The Bertz CT molecular complexity index is 497. The zero-order chi connectivity index (χ0) is 13.0. The number of hydrogen-bond donors (Lipinski definition) is 2. The molecule has 0 spiro atoms. The second-order valence-corrected chi connectivity index (χ2v) is 6.14. The molecule has 0 radical (unpaired) electrons. The minimum absolute atomic E-state index is 0.0814. The summed E-state index contributed by atoms with van der Waals surface area (Å²) in [6.07, 6.45) is 5.80. The molecule has 1 aromatic rings. The van der Waals surface area contributed by atoms with Gasteiger partial charge in [0.2, 0.25) is 0 Å². The van der Waals surface area contributed by atoms with Gasteiger partial charge in [-0.3, -0.25) is 9.48 Å². The van der Waals surface area contributed by atoms with Crippen molar-refractivity contribution in [2.24, 2.45) is 29.4 Å². The third kappa shape index (κ3) is 1.69. The van der Waals surface area contributed by atoms with E-state index in [0.717, 1.165) is 23.7 Å². The molecule has 0 aromatic carbocycles. The Labute approximate surface area is 111 Å². The highest BCUT2D eigenvalue weighted by Gasteiger charge is 2.65. The van der Waals surface area contributed by atoms with Crippen LogP contribution in [0, 0.1) is 23.7 Å². The number of nitrogens with one attached hydrogen (secondary N) is 1. The summed E-state index contributed by atoms with van der Waals surface area (Å²) in [6, 6.07) is 0.401. The second-order valence-electron chi connectivity index (χ2n) is 6.14. The van der Waals surface area contributed by atoms with E-state index in [-0.39, 0.29) is 5.91 Å². The number of aromatic nitrogens is 3. The zero-order valence-electron chi connectivity index (χ0n) is 10.8. The van der Waals surface area contributed by atoms with Gasteiger partial charge in [-0.25, -0.2) is 0 Å². The van der Waals surface area contributed by atoms with Gasteiger partial charge in [0.05, 0.1) is 12.7 Å². The molecule has 3 saturated carbocycles. The lowest BCUT2D eigenvalue weighted by Crippen LogP contribution is -2.30. The van der Waals surface area contributed by atoms with Crippen molar-refractivity contribution in [1.82, 2.24) is 20.3 Å². The van der Waals surface area contributed by atoms with Crippen LogP contribution in [0.15, 0.2) is 6.20 Å². The van der Waals surface area contributed by atoms with E-state index in [1.807, 2.05) is 0 Å². The SMILES string of the molecule is NCCn1cc(C(=O)NC2C3C4CCC(C4)C23)nn1. The van der Waals surface area contributed by atoms with Crippen LogP contribution < -0.4 is 11.1 Å². The van der Waals surface area contributed by atoms with E-state index in [1.54, 1.807) is 10.9 Å². The van der Waals surface area contributed by atoms with Crippen LogP contribution in [0.2, 0.25) is 0 Å². The Kier molecular flexibility index (Phi) is 2.42. The minimum Gasteiger partial charge on any atom is -0.347 e. The molecule has 2 bridgehead atoms. The number of amides is 1. The summed E-state index contributed by atoms with van der Waals surface area (Å²) in [4.78, 5) is 12.1. The molecule has 0 aliphatic heterocycles. The predicted molar refractivity (Wildman–Crippen MR) is 68.1 cm³/mol. The third-order valence-corrected chi connectivity index (χ3v) is 5.16. The molecule has 1 heterocycles. The lowest BCUT2D eigenvalue weighted by Gasteiger charge is -2.09. The first kappa shape index (κ1) is 11.4. The third-order valence-electron chi connectivity index (χ3n) is 5.16. The molecule has 102 valence electrons. The highest BCUT2D eigenvalue weighted by molar-refractivity contribution is 5.92. The van der Waals surface area contributed by atoms with Crippen LogP contribution in [0.1, 0.15) is 29.8 Å². The summed E-state index contributed by atoms with van der Waals surface area (Å²) in [5.41, 5.74) is 5.86. The van der Waals surface area contributed by atoms with Gasteiger partial charge in [0.25, 0.3) is 5.91 Å². The summed E-state index contributed by atoms with van der Waals surface area (Å²) in [5, 5.41) is 10.9. The molecule has 3 aliphatic rings. The van der Waals surface area contributed by atoms with E-state index in [2.05, 4.69) is 15.6 Å². The fourth-order valence-corrected chi connectivity index (χ4v) is 4.39. The van der Waals surface area contributed by atoms with E-state index >= 15 is 0 Å². The van der Waals surface area contributed by atoms with Crippen LogP contribution in [0.5, 0.6) is 0 Å². The maximum absolute atomic E-state index is 12.1. The summed E-state index contributed by atoms with van der Waals surface area (Å²) < 4.78 is 1.62. The molecule has 0 saturated heterocycles. The van der Waals surface area contributed by atoms with Crippen LogP contribution in [-0.2, 0) is 6.54 Å². The van der Waals surface area contributed by atoms with Crippen LogP contribution in [0.3, 0.4) is 0 Å². The van der Waals surface area contributed by atoms with Gasteiger partial charge >= 0.3 is 0 Å². The quantitative estimate of drug-likeness (QED) is 0.799. The smallest absolute Gasteiger partial charge is 0.273 e. The molecule has 6 heteroatoms. The van der Waals surface area contributed by atoms with Crippen LogP contribution >= 0.6 is 0 Å². The lowest BCUT2D eigenvalue weighted by molar-refractivity contribution is 0.0939. The molecule has 3 aliphatic carbocycles. The van der Waals surface area contributed by atoms with Crippen molar-refractivity contribution in [3.8, 4) is 0 Å². The first-order valence-electron chi connectivity index (χ1n) is 7.19. The number of carbonyl (C=O) groups is 1. The summed E-state index contributed by atoms with van der Waals surface area (Å²) in [6.45, 7) is 1.10. The van der Waals surface area contributed by atoms with Gasteiger partial charge < -0.3 is 11.1 Å². The minimum atomic E-state index is -0.0814. The standard InChI is InChI=1S/C13H19N5O/c14-3-4-18-6-9(16-17-18)13(19)15-12-10-7-1-2-8(5-7)11(10)12/h6-8,10-12H,1-5,14H2,(H,15,19). The molecular formula is C13H19N5O. The predicted octanol–water partition coefficient (Wildman–Crippen LogP) is 0.0111. The van der Waals surface area contributed by atoms with Gasteiger partial charge in [-0.1, -0.05) is 5.21 Å². The molecule has 3 fully saturated rings. The zero-order valence-corrected chi connectivity index (χ0v) is 10.8. The van der Waals surface area contributed by atoms with Crippen molar-refractivity contribution in [2.75, 3.05) is 6.54 Å². The van der Waals surface area contributed by atoms with E-state index in [4.69, 9.17) is 5.73 Å². The average Bonchev–Trinajstić information content (AvgIpc) is 2.83. The van der Waals surface area contributed by atoms with Crippen molar-refractivity contribution in [3.63, 3.8) is 0 Å². The number of fused-ring (bicyclic) bond motifs is 5. The number of rotatable bonds is 4. The maximum Gasteiger partial charge on any atom is 0.273 e. The van der Waals surface area contributed by atoms with Gasteiger partial charge in [0.15, 0.2) is 5.69 Å². The molecular weight excluding hydrogens is 242 g/mol. The van der Waals surface area contributed by atoms with Crippen molar-refractivity contribution < 1.29 is 4.79 Å². The molecule has 4 unspecified atom stereocenters. The fraction of sp³-hybridized carbons (Fsp3) is 0.769. The Morgan fingerprint density at radius 3 is 2.84 bits per heavy atom. The number of nitrogens with two attached hydrogens (primary N) is 1. The van der Waals surface area contributed by atoms with Crippen molar-refractivity contribution in [1.29, 1.82) is 0 Å². The van der Waals surface area contributed by atoms with Crippen LogP contribution in [-0.4, -0.2) is 33.5 Å². The maximum atomic E-state index is 12.1. The fourth-order valence-electron chi connectivity index (χ4n) is 4.39. The van der Waals surface area contributed by atoms with Crippen molar-refractivity contribution in [3.05, 3.63) is 11.9 Å². The van der Waals surface area contributed by atoms with Crippen LogP contribution in [0.25, 0.3) is 0 Å². The molecule has 4 atom stereocenters. The van der Waals surface area contributed by atoms with Crippen molar-refractivity contribution in [2.45, 2.75) is 31.8 Å². The van der Waals surface area contributed by atoms with Gasteiger partial charge in [0, 0.05) is 12.6 Å². The van der Waals surface area contributed by atoms with Gasteiger partial charge in [-0.15, -0.1) is 5.10 Å². The first-order chi connectivity index (χ1) is 9.28. The first-order valence-corrected chi connectivity index (χ1v) is 7.19. The van der Waals surface area contributed by atoms with Crippen molar-refractivity contribution >= 4 is 5.91 Å². The van der Waals surface area contributed by atoms with E-state index in [0.29, 0.717) is 24.8 Å². The summed E-state index contributed by atoms with van der Waals surface area (Å²) in [7, 11) is 0. The Hall–Kier alpha value is -1.43. The van der Waals surface area contributed by atoms with Gasteiger partial charge in [0.1, 0.15) is 0 Å². The topological polar surface area (TPSA) is 85.8 Å². The highest BCUT2D eigenvalue weighted by Crippen LogP contribution is 2.65. The monoisotopic (exact) mass is 261 g/mol. The largest absolute Gasteiger partial charge is 0.347 e. The number of carbonyl (C=O) groups excluding carboxylic acids is 1. The molecule has 19 heavy (non-hydrogen) atoms.